The Hall–Kier alpha value is -0.270. The van der Waals surface area contributed by atoms with E-state index in [9.17, 15) is 14.4 Å². The van der Waals surface area contributed by atoms with E-state index < -0.39 is 6.10 Å². The normalized spacial score (nSPS) is 16.1. The van der Waals surface area contributed by atoms with Crippen LogP contribution in [0.25, 0.3) is 0 Å². The molecule has 1 heterocycles. The Morgan fingerprint density at radius 1 is 0.943 bits per heavy atom. The van der Waals surface area contributed by atoms with Crippen LogP contribution in [0, 0.1) is 0 Å². The minimum Gasteiger partial charge on any atom is -0.462 e. The lowest BCUT2D eigenvalue weighted by Gasteiger charge is -2.18. The van der Waals surface area contributed by atoms with Crippen molar-refractivity contribution in [3.05, 3.63) is 0 Å². The summed E-state index contributed by atoms with van der Waals surface area (Å²) >= 11 is 0. The van der Waals surface area contributed by atoms with Crippen molar-refractivity contribution in [1.29, 1.82) is 0 Å². The lowest BCUT2D eigenvalue weighted by atomic mass is 10.1. The van der Waals surface area contributed by atoms with E-state index in [-0.39, 0.29) is 37.5 Å². The van der Waals surface area contributed by atoms with Gasteiger partial charge in [0.2, 0.25) is 0 Å². The van der Waals surface area contributed by atoms with Gasteiger partial charge < -0.3 is 24.8 Å². The Bertz CT molecular complexity index is 582. The molecule has 0 aromatic heterocycles. The zero-order valence-electron chi connectivity index (χ0n) is 21.1. The van der Waals surface area contributed by atoms with E-state index in [0.717, 1.165) is 43.9 Å². The highest BCUT2D eigenvalue weighted by molar-refractivity contribution is 8.77. The molecule has 1 saturated heterocycles. The molecule has 0 aromatic rings. The summed E-state index contributed by atoms with van der Waals surface area (Å²) in [7, 11) is 9.43. The number of esters is 3. The number of carbonyl (C=O) groups is 3. The van der Waals surface area contributed by atoms with Gasteiger partial charge in [0.1, 0.15) is 13.2 Å². The quantitative estimate of drug-likeness (QED) is 0.0848. The number of nitrogens with one attached hydrogen (secondary N) is 2. The first-order valence-corrected chi connectivity index (χ1v) is 17.3. The predicted molar refractivity (Wildman–Crippen MR) is 150 cm³/mol. The Labute approximate surface area is 226 Å². The summed E-state index contributed by atoms with van der Waals surface area (Å²) in [5.41, 5.74) is 0. The molecule has 0 aliphatic carbocycles. The maximum absolute atomic E-state index is 12.3. The zero-order chi connectivity index (χ0) is 25.6. The van der Waals surface area contributed by atoms with Crippen LogP contribution < -0.4 is 10.6 Å². The molecule has 1 fully saturated rings. The fraction of sp³-hybridized carbons (Fsp3) is 0.870. The maximum atomic E-state index is 12.3. The Balaban J connectivity index is 2.23. The summed E-state index contributed by atoms with van der Waals surface area (Å²) < 4.78 is 16.0. The van der Waals surface area contributed by atoms with Crippen molar-refractivity contribution in [2.75, 3.05) is 57.2 Å². The summed E-state index contributed by atoms with van der Waals surface area (Å²) in [6.07, 6.45) is 4.83. The first-order valence-electron chi connectivity index (χ1n) is 12.4. The van der Waals surface area contributed by atoms with Crippen molar-refractivity contribution < 1.29 is 28.6 Å². The molecule has 204 valence electrons. The number of rotatable bonds is 22. The lowest BCUT2D eigenvalue weighted by molar-refractivity contribution is -0.166. The van der Waals surface area contributed by atoms with Crippen LogP contribution in [-0.4, -0.2) is 86.4 Å². The van der Waals surface area contributed by atoms with Crippen LogP contribution in [0.2, 0.25) is 0 Å². The Morgan fingerprint density at radius 2 is 1.66 bits per heavy atom. The Morgan fingerprint density at radius 3 is 2.31 bits per heavy atom. The van der Waals surface area contributed by atoms with Crippen LogP contribution >= 0.6 is 43.2 Å². The highest BCUT2D eigenvalue weighted by Crippen LogP contribution is 2.39. The molecule has 1 aliphatic heterocycles. The molecule has 35 heavy (non-hydrogen) atoms. The molecule has 0 amide bonds. The van der Waals surface area contributed by atoms with Gasteiger partial charge in [-0.15, -0.1) is 0 Å². The predicted octanol–water partition coefficient (Wildman–Crippen LogP) is 4.08. The summed E-state index contributed by atoms with van der Waals surface area (Å²) in [6.45, 7) is 4.00. The molecule has 2 unspecified atom stereocenters. The van der Waals surface area contributed by atoms with E-state index >= 15 is 0 Å². The number of ether oxygens (including phenoxy) is 3. The number of carbonyl (C=O) groups excluding carboxylic acids is 3. The van der Waals surface area contributed by atoms with Gasteiger partial charge in [-0.3, -0.25) is 14.4 Å². The molecule has 12 heteroatoms. The molecule has 0 bridgehead atoms. The first-order chi connectivity index (χ1) is 17.0. The number of hydrogen-bond acceptors (Lipinski definition) is 12. The molecule has 1 aliphatic rings. The highest BCUT2D eigenvalue weighted by atomic mass is 33.1. The van der Waals surface area contributed by atoms with Gasteiger partial charge in [-0.25, -0.2) is 0 Å². The monoisotopic (exact) mass is 570 g/mol. The molecule has 8 nitrogen and oxygen atoms in total. The largest absolute Gasteiger partial charge is 0.462 e. The van der Waals surface area contributed by atoms with E-state index in [1.807, 2.05) is 46.4 Å². The van der Waals surface area contributed by atoms with E-state index in [4.69, 9.17) is 14.2 Å². The molecular weight excluding hydrogens is 529 g/mol. The van der Waals surface area contributed by atoms with Crippen LogP contribution in [0.3, 0.4) is 0 Å². The molecular formula is C23H42N2O6S4. The third-order valence-electron chi connectivity index (χ3n) is 4.88. The summed E-state index contributed by atoms with van der Waals surface area (Å²) in [6, 6.07) is 0. The molecule has 0 saturated carbocycles. The van der Waals surface area contributed by atoms with Crippen molar-refractivity contribution in [2.45, 2.75) is 69.6 Å². The van der Waals surface area contributed by atoms with Gasteiger partial charge in [-0.05, 0) is 32.7 Å². The summed E-state index contributed by atoms with van der Waals surface area (Å²) in [5.74, 6) is 2.16. The SMILES string of the molecule is CCCC(=O)OCC(COC(=O)CCNCCSSCCNC)OC(=O)CCCCC1CCSS1. The molecule has 2 N–H and O–H groups in total. The van der Waals surface area contributed by atoms with Crippen LogP contribution in [-0.2, 0) is 28.6 Å². The second kappa shape index (κ2) is 22.9. The van der Waals surface area contributed by atoms with Gasteiger partial charge in [-0.2, -0.15) is 0 Å². The second-order valence-corrected chi connectivity index (χ2v) is 13.5. The van der Waals surface area contributed by atoms with Crippen molar-refractivity contribution in [1.82, 2.24) is 10.6 Å². The van der Waals surface area contributed by atoms with Gasteiger partial charge in [0.05, 0.1) is 6.42 Å². The Kier molecular flexibility index (Phi) is 21.4. The average molecular weight is 571 g/mol. The molecule has 2 atom stereocenters. The minimum atomic E-state index is -0.784. The van der Waals surface area contributed by atoms with E-state index in [1.165, 1.54) is 12.2 Å². The van der Waals surface area contributed by atoms with Gasteiger partial charge in [0.15, 0.2) is 6.10 Å². The first kappa shape index (κ1) is 32.8. The fourth-order valence-corrected chi connectivity index (χ4v) is 7.96. The standard InChI is InChI=1S/C23H42N2O6S4/c1-3-6-21(26)29-17-19(31-23(28)8-5-4-7-20-10-14-34-35-20)18-30-22(27)9-11-25-13-16-33-32-15-12-24-2/h19-20,24-25H,3-18H2,1-2H3. The van der Waals surface area contributed by atoms with Crippen molar-refractivity contribution >= 4 is 61.1 Å². The third kappa shape index (κ3) is 19.5. The summed E-state index contributed by atoms with van der Waals surface area (Å²) in [5, 5.41) is 7.02. The van der Waals surface area contributed by atoms with Crippen molar-refractivity contribution in [3.8, 4) is 0 Å². The summed E-state index contributed by atoms with van der Waals surface area (Å²) in [4.78, 5) is 36.1. The van der Waals surface area contributed by atoms with E-state index in [0.29, 0.717) is 31.1 Å². The van der Waals surface area contributed by atoms with E-state index in [1.54, 1.807) is 10.8 Å². The third-order valence-corrected chi connectivity index (χ3v) is 10.3. The average Bonchev–Trinajstić information content (AvgIpc) is 3.36. The van der Waals surface area contributed by atoms with E-state index in [2.05, 4.69) is 10.6 Å². The molecule has 0 aromatic carbocycles. The topological polar surface area (TPSA) is 103 Å². The highest BCUT2D eigenvalue weighted by Gasteiger charge is 2.20. The van der Waals surface area contributed by atoms with Gasteiger partial charge in [-0.1, -0.05) is 56.5 Å². The number of unbranched alkanes of at least 4 members (excludes halogenated alkanes) is 1. The smallest absolute Gasteiger partial charge is 0.307 e. The van der Waals surface area contributed by atoms with Crippen molar-refractivity contribution in [2.24, 2.45) is 0 Å². The van der Waals surface area contributed by atoms with Crippen LogP contribution in [0.1, 0.15) is 58.3 Å². The second-order valence-electron chi connectivity index (χ2n) is 8.05. The fourth-order valence-electron chi connectivity index (χ4n) is 2.98. The van der Waals surface area contributed by atoms with Crippen LogP contribution in [0.4, 0.5) is 0 Å². The van der Waals surface area contributed by atoms with Gasteiger partial charge in [0.25, 0.3) is 0 Å². The lowest BCUT2D eigenvalue weighted by Crippen LogP contribution is -2.31. The maximum Gasteiger partial charge on any atom is 0.307 e. The zero-order valence-corrected chi connectivity index (χ0v) is 24.3. The minimum absolute atomic E-state index is 0.103. The number of hydrogen-bond donors (Lipinski definition) is 2. The molecule has 1 rings (SSSR count). The van der Waals surface area contributed by atoms with Gasteiger partial charge in [0, 0.05) is 55.0 Å². The van der Waals surface area contributed by atoms with Crippen LogP contribution in [0.15, 0.2) is 0 Å². The van der Waals surface area contributed by atoms with Gasteiger partial charge >= 0.3 is 17.9 Å². The van der Waals surface area contributed by atoms with Crippen LogP contribution in [0.5, 0.6) is 0 Å². The molecule has 0 spiro atoms. The van der Waals surface area contributed by atoms with Crippen molar-refractivity contribution in [3.63, 3.8) is 0 Å². The molecule has 0 radical (unpaired) electrons.